The summed E-state index contributed by atoms with van der Waals surface area (Å²) in [6.45, 7) is 0.117. The molecule has 0 unspecified atom stereocenters. The molecule has 1 saturated carbocycles. The molecule has 6 nitrogen and oxygen atoms in total. The van der Waals surface area contributed by atoms with Crippen LogP contribution >= 0.6 is 0 Å². The van der Waals surface area contributed by atoms with Crippen LogP contribution in [-0.4, -0.2) is 28.9 Å². The fourth-order valence-electron chi connectivity index (χ4n) is 3.49. The number of nitrogens with two attached hydrogens (primary N) is 1. The molecule has 2 aromatic rings. The number of aromatic nitrogens is 2. The van der Waals surface area contributed by atoms with Crippen molar-refractivity contribution in [1.29, 1.82) is 0 Å². The Labute approximate surface area is 180 Å². The molecule has 1 fully saturated rings. The van der Waals surface area contributed by atoms with E-state index in [0.717, 1.165) is 31.7 Å². The number of halogens is 6. The van der Waals surface area contributed by atoms with E-state index >= 15 is 0 Å². The second-order valence-electron chi connectivity index (χ2n) is 7.62. The Morgan fingerprint density at radius 3 is 2.34 bits per heavy atom. The SMILES string of the molecule is NC1CCC(CNc2nc(NCc3ccccc3OC(F)(F)F)ncc2C(F)(F)F)CC1. The van der Waals surface area contributed by atoms with Crippen LogP contribution in [0.4, 0.5) is 38.1 Å². The van der Waals surface area contributed by atoms with Gasteiger partial charge in [-0.25, -0.2) is 4.98 Å². The Kier molecular flexibility index (Phi) is 7.32. The van der Waals surface area contributed by atoms with Gasteiger partial charge in [-0.15, -0.1) is 13.2 Å². The van der Waals surface area contributed by atoms with E-state index in [0.29, 0.717) is 12.7 Å². The topological polar surface area (TPSA) is 85.1 Å². The first-order chi connectivity index (χ1) is 15.0. The number of para-hydroxylation sites is 1. The fraction of sp³-hybridized carbons (Fsp3) is 0.500. The lowest BCUT2D eigenvalue weighted by Crippen LogP contribution is -2.29. The number of nitrogens with one attached hydrogen (secondary N) is 2. The highest BCUT2D eigenvalue weighted by atomic mass is 19.4. The number of anilines is 2. The molecule has 0 aliphatic heterocycles. The Morgan fingerprint density at radius 1 is 1.00 bits per heavy atom. The van der Waals surface area contributed by atoms with Gasteiger partial charge in [0, 0.05) is 30.9 Å². The van der Waals surface area contributed by atoms with E-state index < -0.39 is 23.9 Å². The molecule has 0 saturated heterocycles. The van der Waals surface area contributed by atoms with Crippen LogP contribution in [0.5, 0.6) is 5.75 Å². The largest absolute Gasteiger partial charge is 0.573 e. The van der Waals surface area contributed by atoms with Crippen LogP contribution in [0.1, 0.15) is 36.8 Å². The minimum atomic E-state index is -4.87. The quantitative estimate of drug-likeness (QED) is 0.505. The van der Waals surface area contributed by atoms with Crippen molar-refractivity contribution in [3.05, 3.63) is 41.6 Å². The first kappa shape index (κ1) is 23.9. The molecule has 0 spiro atoms. The third-order valence-corrected chi connectivity index (χ3v) is 5.18. The molecule has 0 bridgehead atoms. The lowest BCUT2D eigenvalue weighted by Gasteiger charge is -2.26. The van der Waals surface area contributed by atoms with Gasteiger partial charge in [0.2, 0.25) is 5.95 Å². The second kappa shape index (κ2) is 9.80. The summed E-state index contributed by atoms with van der Waals surface area (Å²) in [5.74, 6) is -0.792. The fourth-order valence-corrected chi connectivity index (χ4v) is 3.49. The lowest BCUT2D eigenvalue weighted by molar-refractivity contribution is -0.274. The molecule has 1 aromatic carbocycles. The first-order valence-corrected chi connectivity index (χ1v) is 10.0. The second-order valence-corrected chi connectivity index (χ2v) is 7.62. The highest BCUT2D eigenvalue weighted by Gasteiger charge is 2.36. The summed E-state index contributed by atoms with van der Waals surface area (Å²) in [6.07, 6.45) is -5.65. The van der Waals surface area contributed by atoms with Crippen molar-refractivity contribution in [3.8, 4) is 5.75 Å². The van der Waals surface area contributed by atoms with Crippen LogP contribution in [0.15, 0.2) is 30.5 Å². The Bertz CT molecular complexity index is 897. The zero-order valence-electron chi connectivity index (χ0n) is 16.9. The third-order valence-electron chi connectivity index (χ3n) is 5.18. The molecule has 1 aromatic heterocycles. The zero-order valence-corrected chi connectivity index (χ0v) is 16.9. The monoisotopic (exact) mass is 463 g/mol. The minimum absolute atomic E-state index is 0.121. The molecule has 12 heteroatoms. The number of benzene rings is 1. The van der Waals surface area contributed by atoms with E-state index in [2.05, 4.69) is 25.3 Å². The summed E-state index contributed by atoms with van der Waals surface area (Å²) < 4.78 is 81.8. The van der Waals surface area contributed by atoms with Crippen LogP contribution in [0.25, 0.3) is 0 Å². The maximum atomic E-state index is 13.4. The number of nitrogens with zero attached hydrogens (tertiary/aromatic N) is 2. The summed E-state index contributed by atoms with van der Waals surface area (Å²) in [5.41, 5.74) is 4.98. The van der Waals surface area contributed by atoms with Gasteiger partial charge in [0.15, 0.2) is 0 Å². The molecule has 32 heavy (non-hydrogen) atoms. The molecule has 0 atom stereocenters. The van der Waals surface area contributed by atoms with Crippen LogP contribution in [0, 0.1) is 5.92 Å². The Morgan fingerprint density at radius 2 is 1.69 bits per heavy atom. The van der Waals surface area contributed by atoms with Crippen molar-refractivity contribution in [2.75, 3.05) is 17.2 Å². The maximum Gasteiger partial charge on any atom is 0.573 e. The van der Waals surface area contributed by atoms with E-state index in [4.69, 9.17) is 5.73 Å². The van der Waals surface area contributed by atoms with Crippen LogP contribution < -0.4 is 21.1 Å². The average Bonchev–Trinajstić information content (AvgIpc) is 2.71. The van der Waals surface area contributed by atoms with Crippen molar-refractivity contribution >= 4 is 11.8 Å². The molecule has 176 valence electrons. The highest BCUT2D eigenvalue weighted by molar-refractivity contribution is 5.49. The van der Waals surface area contributed by atoms with Crippen LogP contribution in [0.2, 0.25) is 0 Å². The summed E-state index contributed by atoms with van der Waals surface area (Å²) >= 11 is 0. The standard InChI is InChI=1S/C20H23F6N5O/c21-19(22,23)15-11-30-18(31-17(15)28-9-12-5-7-14(27)8-6-12)29-10-13-3-1-2-4-16(13)32-20(24,25)26/h1-4,11-12,14H,5-10,27H2,(H2,28,29,30,31). The van der Waals surface area contributed by atoms with Gasteiger partial charge in [-0.3, -0.25) is 0 Å². The number of hydrogen-bond donors (Lipinski definition) is 3. The van der Waals surface area contributed by atoms with Gasteiger partial charge in [0.1, 0.15) is 17.1 Å². The van der Waals surface area contributed by atoms with Crippen molar-refractivity contribution in [2.24, 2.45) is 11.7 Å². The van der Waals surface area contributed by atoms with E-state index in [9.17, 15) is 26.3 Å². The van der Waals surface area contributed by atoms with Gasteiger partial charge >= 0.3 is 12.5 Å². The first-order valence-electron chi connectivity index (χ1n) is 10.0. The number of alkyl halides is 6. The van der Waals surface area contributed by atoms with Gasteiger partial charge in [-0.1, -0.05) is 18.2 Å². The third kappa shape index (κ3) is 6.87. The molecule has 1 heterocycles. The molecule has 1 aliphatic rings. The highest BCUT2D eigenvalue weighted by Crippen LogP contribution is 2.34. The van der Waals surface area contributed by atoms with Gasteiger partial charge in [-0.05, 0) is 37.7 Å². The van der Waals surface area contributed by atoms with Crippen LogP contribution in [0.3, 0.4) is 0 Å². The van der Waals surface area contributed by atoms with Gasteiger partial charge in [-0.2, -0.15) is 18.2 Å². The van der Waals surface area contributed by atoms with Crippen molar-refractivity contribution < 1.29 is 31.1 Å². The summed E-state index contributed by atoms with van der Waals surface area (Å²) in [4.78, 5) is 7.58. The van der Waals surface area contributed by atoms with E-state index in [1.165, 1.54) is 18.2 Å². The summed E-state index contributed by atoms with van der Waals surface area (Å²) in [6, 6.07) is 5.54. The zero-order chi connectivity index (χ0) is 23.4. The van der Waals surface area contributed by atoms with Crippen molar-refractivity contribution in [2.45, 2.75) is 50.8 Å². The van der Waals surface area contributed by atoms with E-state index in [1.807, 2.05) is 0 Å². The summed E-state index contributed by atoms with van der Waals surface area (Å²) in [7, 11) is 0. The van der Waals surface area contributed by atoms with Crippen LogP contribution in [-0.2, 0) is 12.7 Å². The maximum absolute atomic E-state index is 13.4. The summed E-state index contributed by atoms with van der Waals surface area (Å²) in [5, 5.41) is 5.42. The molecule has 0 amide bonds. The normalized spacial score (nSPS) is 19.5. The Hall–Kier alpha value is -2.76. The molecule has 0 radical (unpaired) electrons. The van der Waals surface area contributed by atoms with Crippen molar-refractivity contribution in [1.82, 2.24) is 9.97 Å². The molecule has 1 aliphatic carbocycles. The molecule has 3 rings (SSSR count). The van der Waals surface area contributed by atoms with Gasteiger partial charge in [0.05, 0.1) is 0 Å². The lowest BCUT2D eigenvalue weighted by atomic mass is 9.86. The molecule has 4 N–H and O–H groups in total. The smallest absolute Gasteiger partial charge is 0.405 e. The number of rotatable bonds is 7. The Balaban J connectivity index is 1.72. The van der Waals surface area contributed by atoms with Gasteiger partial charge < -0.3 is 21.1 Å². The predicted molar refractivity (Wildman–Crippen MR) is 106 cm³/mol. The molecular formula is C20H23F6N5O. The predicted octanol–water partition coefficient (Wildman–Crippen LogP) is 4.94. The molecular weight excluding hydrogens is 440 g/mol. The average molecular weight is 463 g/mol. The number of ether oxygens (including phenoxy) is 1. The van der Waals surface area contributed by atoms with Crippen molar-refractivity contribution in [3.63, 3.8) is 0 Å². The minimum Gasteiger partial charge on any atom is -0.405 e. The number of hydrogen-bond acceptors (Lipinski definition) is 6. The van der Waals surface area contributed by atoms with Gasteiger partial charge in [0.25, 0.3) is 0 Å². The van der Waals surface area contributed by atoms with E-state index in [1.54, 1.807) is 0 Å². The van der Waals surface area contributed by atoms with E-state index in [-0.39, 0.29) is 35.8 Å².